The van der Waals surface area contributed by atoms with Crippen molar-refractivity contribution in [2.24, 2.45) is 0 Å². The van der Waals surface area contributed by atoms with E-state index in [0.717, 1.165) is 22.6 Å². The number of nitrogens with zero attached hydrogens (tertiary/aromatic N) is 2. The molecule has 4 nitrogen and oxygen atoms in total. The van der Waals surface area contributed by atoms with E-state index in [9.17, 15) is 18.4 Å². The van der Waals surface area contributed by atoms with Crippen molar-refractivity contribution in [2.75, 3.05) is 18.5 Å². The zero-order valence-electron chi connectivity index (χ0n) is 13.5. The number of carbonyl (C=O) groups excluding carboxylic acids is 2. The van der Waals surface area contributed by atoms with E-state index >= 15 is 0 Å². The highest BCUT2D eigenvalue weighted by atomic mass is 19.1. The molecule has 0 radical (unpaired) electrons. The van der Waals surface area contributed by atoms with Crippen LogP contribution >= 0.6 is 0 Å². The van der Waals surface area contributed by atoms with Crippen molar-refractivity contribution in [1.29, 1.82) is 0 Å². The van der Waals surface area contributed by atoms with Crippen LogP contribution in [0, 0.1) is 11.6 Å². The molecule has 2 aromatic rings. The minimum absolute atomic E-state index is 0.120. The molecule has 0 saturated heterocycles. The van der Waals surface area contributed by atoms with Crippen molar-refractivity contribution < 1.29 is 18.4 Å². The van der Waals surface area contributed by atoms with Crippen LogP contribution in [-0.4, -0.2) is 30.3 Å². The molecule has 0 aliphatic carbocycles. The minimum atomic E-state index is -0.885. The van der Waals surface area contributed by atoms with Crippen LogP contribution in [0.4, 0.5) is 14.5 Å². The third-order valence-electron chi connectivity index (χ3n) is 3.56. The van der Waals surface area contributed by atoms with Crippen molar-refractivity contribution >= 4 is 17.5 Å². The van der Waals surface area contributed by atoms with Crippen LogP contribution in [0.3, 0.4) is 0 Å². The molecule has 0 aliphatic rings. The molecule has 0 bridgehead atoms. The zero-order valence-corrected chi connectivity index (χ0v) is 13.5. The van der Waals surface area contributed by atoms with E-state index in [1.54, 1.807) is 7.05 Å². The maximum Gasteiger partial charge on any atom is 0.242 e. The summed E-state index contributed by atoms with van der Waals surface area (Å²) in [4.78, 5) is 26.6. The standard InChI is InChI=1S/C18H18F2N2O2/c1-13(23)22(17-9-8-15(19)10-16(17)20)12-18(24)21(2)11-14-6-4-3-5-7-14/h3-10H,11-12H2,1-2H3. The Labute approximate surface area is 139 Å². The highest BCUT2D eigenvalue weighted by molar-refractivity contribution is 5.97. The molecule has 24 heavy (non-hydrogen) atoms. The summed E-state index contributed by atoms with van der Waals surface area (Å²) < 4.78 is 26.9. The Balaban J connectivity index is 2.12. The van der Waals surface area contributed by atoms with Crippen LogP contribution in [0.15, 0.2) is 48.5 Å². The largest absolute Gasteiger partial charge is 0.340 e. The second kappa shape index (κ2) is 7.68. The molecule has 2 rings (SSSR count). The van der Waals surface area contributed by atoms with Gasteiger partial charge in [-0.05, 0) is 17.7 Å². The first-order valence-corrected chi connectivity index (χ1v) is 7.39. The number of halogens is 2. The molecule has 2 amide bonds. The lowest BCUT2D eigenvalue weighted by Gasteiger charge is -2.25. The molecule has 0 fully saturated rings. The van der Waals surface area contributed by atoms with Crippen LogP contribution in [0.1, 0.15) is 12.5 Å². The number of rotatable bonds is 5. The number of hydrogen-bond donors (Lipinski definition) is 0. The molecule has 0 unspecified atom stereocenters. The van der Waals surface area contributed by atoms with Gasteiger partial charge in [0.05, 0.1) is 5.69 Å². The fourth-order valence-corrected chi connectivity index (χ4v) is 2.27. The van der Waals surface area contributed by atoms with Gasteiger partial charge < -0.3 is 9.80 Å². The Hall–Kier alpha value is -2.76. The summed E-state index contributed by atoms with van der Waals surface area (Å²) in [5.74, 6) is -2.48. The number of carbonyl (C=O) groups is 2. The van der Waals surface area contributed by atoms with Gasteiger partial charge in [0.1, 0.15) is 18.2 Å². The van der Waals surface area contributed by atoms with Crippen LogP contribution in [-0.2, 0) is 16.1 Å². The van der Waals surface area contributed by atoms with E-state index in [1.165, 1.54) is 11.8 Å². The Morgan fingerprint density at radius 2 is 1.71 bits per heavy atom. The van der Waals surface area contributed by atoms with Crippen molar-refractivity contribution in [1.82, 2.24) is 4.90 Å². The molecule has 0 heterocycles. The van der Waals surface area contributed by atoms with Crippen LogP contribution in [0.25, 0.3) is 0 Å². The molecule has 126 valence electrons. The molecular formula is C18H18F2N2O2. The van der Waals surface area contributed by atoms with Crippen molar-refractivity contribution in [2.45, 2.75) is 13.5 Å². The number of amides is 2. The lowest BCUT2D eigenvalue weighted by atomic mass is 10.2. The molecule has 2 aromatic carbocycles. The maximum absolute atomic E-state index is 13.9. The maximum atomic E-state index is 13.9. The summed E-state index contributed by atoms with van der Waals surface area (Å²) in [6.45, 7) is 1.28. The van der Waals surface area contributed by atoms with Crippen molar-refractivity contribution in [3.63, 3.8) is 0 Å². The Kier molecular flexibility index (Phi) is 5.63. The lowest BCUT2D eigenvalue weighted by Crippen LogP contribution is -2.40. The Morgan fingerprint density at radius 1 is 1.04 bits per heavy atom. The first-order chi connectivity index (χ1) is 11.4. The molecule has 0 spiro atoms. The van der Waals surface area contributed by atoms with Crippen LogP contribution in [0.5, 0.6) is 0 Å². The SMILES string of the molecule is CC(=O)N(CC(=O)N(C)Cc1ccccc1)c1ccc(F)cc1F. The van der Waals surface area contributed by atoms with E-state index in [0.29, 0.717) is 12.6 Å². The van der Waals surface area contributed by atoms with Gasteiger partial charge in [0.2, 0.25) is 11.8 Å². The van der Waals surface area contributed by atoms with E-state index in [2.05, 4.69) is 0 Å². The fourth-order valence-electron chi connectivity index (χ4n) is 2.27. The van der Waals surface area contributed by atoms with E-state index in [1.807, 2.05) is 30.3 Å². The summed E-state index contributed by atoms with van der Waals surface area (Å²) in [6, 6.07) is 12.2. The van der Waals surface area contributed by atoms with E-state index in [-0.39, 0.29) is 18.1 Å². The fraction of sp³-hybridized carbons (Fsp3) is 0.222. The normalized spacial score (nSPS) is 10.3. The quantitative estimate of drug-likeness (QED) is 0.845. The minimum Gasteiger partial charge on any atom is -0.340 e. The summed E-state index contributed by atoms with van der Waals surface area (Å²) in [6.07, 6.45) is 0. The second-order valence-electron chi connectivity index (χ2n) is 5.44. The van der Waals surface area contributed by atoms with Gasteiger partial charge in [-0.3, -0.25) is 9.59 Å². The molecular weight excluding hydrogens is 314 g/mol. The molecule has 0 saturated carbocycles. The average Bonchev–Trinajstić information content (AvgIpc) is 2.53. The van der Waals surface area contributed by atoms with Gasteiger partial charge in [-0.2, -0.15) is 0 Å². The second-order valence-corrected chi connectivity index (χ2v) is 5.44. The van der Waals surface area contributed by atoms with Gasteiger partial charge >= 0.3 is 0 Å². The molecule has 0 aromatic heterocycles. The zero-order chi connectivity index (χ0) is 17.7. The van der Waals surface area contributed by atoms with Crippen LogP contribution in [0.2, 0.25) is 0 Å². The monoisotopic (exact) mass is 332 g/mol. The Bertz CT molecular complexity index is 735. The summed E-state index contributed by atoms with van der Waals surface area (Å²) in [7, 11) is 1.61. The number of likely N-dealkylation sites (N-methyl/N-ethyl adjacent to an activating group) is 1. The van der Waals surface area contributed by atoms with Gasteiger partial charge in [0, 0.05) is 26.6 Å². The van der Waals surface area contributed by atoms with Crippen molar-refractivity contribution in [3.8, 4) is 0 Å². The summed E-state index contributed by atoms with van der Waals surface area (Å²) >= 11 is 0. The predicted octanol–water partition coefficient (Wildman–Crippen LogP) is 2.98. The smallest absolute Gasteiger partial charge is 0.242 e. The van der Waals surface area contributed by atoms with E-state index in [4.69, 9.17) is 0 Å². The van der Waals surface area contributed by atoms with Gasteiger partial charge in [-0.1, -0.05) is 30.3 Å². The van der Waals surface area contributed by atoms with Gasteiger partial charge in [-0.15, -0.1) is 0 Å². The van der Waals surface area contributed by atoms with Gasteiger partial charge in [0.15, 0.2) is 0 Å². The van der Waals surface area contributed by atoms with Crippen LogP contribution < -0.4 is 4.90 Å². The van der Waals surface area contributed by atoms with Crippen molar-refractivity contribution in [3.05, 3.63) is 65.7 Å². The summed E-state index contributed by atoms with van der Waals surface area (Å²) in [5.41, 5.74) is 0.820. The third kappa shape index (κ3) is 4.38. The van der Waals surface area contributed by atoms with E-state index < -0.39 is 17.5 Å². The number of hydrogen-bond acceptors (Lipinski definition) is 2. The third-order valence-corrected chi connectivity index (χ3v) is 3.56. The molecule has 0 N–H and O–H groups in total. The van der Waals surface area contributed by atoms with Gasteiger partial charge in [-0.25, -0.2) is 8.78 Å². The summed E-state index contributed by atoms with van der Waals surface area (Å²) in [5, 5.41) is 0. The lowest BCUT2D eigenvalue weighted by molar-refractivity contribution is -0.130. The first kappa shape index (κ1) is 17.6. The first-order valence-electron chi connectivity index (χ1n) is 7.39. The molecule has 0 atom stereocenters. The highest BCUT2D eigenvalue weighted by Gasteiger charge is 2.21. The topological polar surface area (TPSA) is 40.6 Å². The predicted molar refractivity (Wildman–Crippen MR) is 87.3 cm³/mol. The van der Waals surface area contributed by atoms with Gasteiger partial charge in [0.25, 0.3) is 0 Å². The number of benzene rings is 2. The average molecular weight is 332 g/mol. The Morgan fingerprint density at radius 3 is 2.29 bits per heavy atom. The number of anilines is 1. The molecule has 6 heteroatoms. The molecule has 0 aliphatic heterocycles. The highest BCUT2D eigenvalue weighted by Crippen LogP contribution is 2.20.